The van der Waals surface area contributed by atoms with E-state index in [2.05, 4.69) is 11.6 Å². The van der Waals surface area contributed by atoms with E-state index in [4.69, 9.17) is 0 Å². The normalized spacial score (nSPS) is 11.7. The van der Waals surface area contributed by atoms with Crippen LogP contribution in [0.3, 0.4) is 0 Å². The topological polar surface area (TPSA) is 70.2 Å². The molecule has 1 aromatic heterocycles. The molecule has 0 atom stereocenters. The average molecular weight is 242 g/mol. The second kappa shape index (κ2) is 4.63. The van der Waals surface area contributed by atoms with E-state index in [1.165, 1.54) is 29.7 Å². The van der Waals surface area contributed by atoms with Gasteiger partial charge in [0.05, 0.1) is 4.90 Å². The van der Waals surface area contributed by atoms with Crippen LogP contribution >= 0.6 is 0 Å². The van der Waals surface area contributed by atoms with Crippen molar-refractivity contribution >= 4 is 10.0 Å². The van der Waals surface area contributed by atoms with Crippen molar-refractivity contribution in [1.29, 1.82) is 0 Å². The maximum Gasteiger partial charge on any atom is 0.247 e. The van der Waals surface area contributed by atoms with Crippen molar-refractivity contribution in [2.45, 2.75) is 11.8 Å². The zero-order chi connectivity index (χ0) is 12.3. The minimum atomic E-state index is -3.55. The Bertz CT molecular complexity index is 525. The van der Waals surface area contributed by atoms with E-state index in [1.807, 2.05) is 0 Å². The highest BCUT2D eigenvalue weighted by Crippen LogP contribution is 2.12. The molecule has 0 aromatic carbocycles. The lowest BCUT2D eigenvalue weighted by Gasteiger charge is -2.16. The van der Waals surface area contributed by atoms with Gasteiger partial charge < -0.3 is 4.98 Å². The molecule has 1 N–H and O–H groups in total. The van der Waals surface area contributed by atoms with Crippen LogP contribution in [0.15, 0.2) is 40.2 Å². The molecular formula is C10H14N2O3S. The molecule has 1 heterocycles. The molecule has 16 heavy (non-hydrogen) atoms. The van der Waals surface area contributed by atoms with Gasteiger partial charge in [-0.3, -0.25) is 4.79 Å². The molecule has 1 aromatic rings. The summed E-state index contributed by atoms with van der Waals surface area (Å²) in [7, 11) is -2.08. The van der Waals surface area contributed by atoms with Crippen molar-refractivity contribution in [2.24, 2.45) is 0 Å². The van der Waals surface area contributed by atoms with Gasteiger partial charge in [-0.1, -0.05) is 12.2 Å². The molecule has 0 spiro atoms. The van der Waals surface area contributed by atoms with Gasteiger partial charge in [0.2, 0.25) is 15.6 Å². The average Bonchev–Trinajstić information content (AvgIpc) is 2.17. The van der Waals surface area contributed by atoms with E-state index in [1.54, 1.807) is 6.92 Å². The Labute approximate surface area is 94.5 Å². The molecule has 0 amide bonds. The van der Waals surface area contributed by atoms with Gasteiger partial charge in [-0.05, 0) is 13.0 Å². The van der Waals surface area contributed by atoms with Crippen molar-refractivity contribution < 1.29 is 8.42 Å². The van der Waals surface area contributed by atoms with Crippen LogP contribution in [0.5, 0.6) is 0 Å². The van der Waals surface area contributed by atoms with Gasteiger partial charge in [0, 0.05) is 25.9 Å². The number of rotatable bonds is 4. The summed E-state index contributed by atoms with van der Waals surface area (Å²) in [5, 5.41) is 0. The summed E-state index contributed by atoms with van der Waals surface area (Å²) in [4.78, 5) is 13.2. The summed E-state index contributed by atoms with van der Waals surface area (Å²) in [5.74, 6) is 0. The molecule has 1 rings (SSSR count). The molecule has 0 aliphatic rings. The molecule has 0 bridgehead atoms. The fraction of sp³-hybridized carbons (Fsp3) is 0.300. The van der Waals surface area contributed by atoms with Gasteiger partial charge in [-0.25, -0.2) is 8.42 Å². The Morgan fingerprint density at radius 1 is 1.50 bits per heavy atom. The number of hydrogen-bond donors (Lipinski definition) is 1. The molecule has 5 nitrogen and oxygen atoms in total. The number of aromatic amines is 1. The van der Waals surface area contributed by atoms with Crippen molar-refractivity contribution in [2.75, 3.05) is 13.6 Å². The summed E-state index contributed by atoms with van der Waals surface area (Å²) in [6.45, 7) is 5.65. The van der Waals surface area contributed by atoms with Gasteiger partial charge in [0.15, 0.2) is 0 Å². The Balaban J connectivity index is 3.06. The maximum atomic E-state index is 11.9. The minimum absolute atomic E-state index is 0.0656. The highest BCUT2D eigenvalue weighted by atomic mass is 32.2. The lowest BCUT2D eigenvalue weighted by molar-refractivity contribution is 0.492. The highest BCUT2D eigenvalue weighted by molar-refractivity contribution is 7.89. The Morgan fingerprint density at radius 2 is 2.12 bits per heavy atom. The lowest BCUT2D eigenvalue weighted by atomic mass is 10.4. The molecule has 0 unspecified atom stereocenters. The number of hydrogen-bond acceptors (Lipinski definition) is 3. The van der Waals surface area contributed by atoms with Crippen LogP contribution in [0.2, 0.25) is 0 Å². The van der Waals surface area contributed by atoms with E-state index >= 15 is 0 Å². The van der Waals surface area contributed by atoms with E-state index in [0.29, 0.717) is 0 Å². The third-order valence-electron chi connectivity index (χ3n) is 1.96. The predicted octanol–water partition coefficient (Wildman–Crippen LogP) is 0.572. The van der Waals surface area contributed by atoms with Crippen LogP contribution in [-0.4, -0.2) is 31.3 Å². The molecular weight excluding hydrogens is 228 g/mol. The number of pyridine rings is 1. The molecule has 0 aliphatic heterocycles. The van der Waals surface area contributed by atoms with Gasteiger partial charge in [0.25, 0.3) is 0 Å². The van der Waals surface area contributed by atoms with Crippen LogP contribution in [0, 0.1) is 0 Å². The van der Waals surface area contributed by atoms with E-state index in [0.717, 1.165) is 5.57 Å². The molecule has 0 fully saturated rings. The van der Waals surface area contributed by atoms with Crippen molar-refractivity contribution in [1.82, 2.24) is 9.29 Å². The number of H-pyrrole nitrogens is 1. The monoisotopic (exact) mass is 242 g/mol. The standard InChI is InChI=1S/C10H14N2O3S/c1-8(2)7-12(3)16(14,15)9-4-5-10(13)11-6-9/h4-6H,1,7H2,2-3H3,(H,11,13). The minimum Gasteiger partial charge on any atom is -0.328 e. The van der Waals surface area contributed by atoms with Crippen LogP contribution in [0.1, 0.15) is 6.92 Å². The largest absolute Gasteiger partial charge is 0.328 e. The number of likely N-dealkylation sites (N-methyl/N-ethyl adjacent to an activating group) is 1. The summed E-state index contributed by atoms with van der Waals surface area (Å²) in [5.41, 5.74) is 0.414. The summed E-state index contributed by atoms with van der Waals surface area (Å²) < 4.78 is 25.1. The summed E-state index contributed by atoms with van der Waals surface area (Å²) in [6.07, 6.45) is 1.19. The fourth-order valence-corrected chi connectivity index (χ4v) is 2.40. The number of nitrogens with zero attached hydrogens (tertiary/aromatic N) is 1. The molecule has 0 saturated carbocycles. The lowest BCUT2D eigenvalue weighted by Crippen LogP contribution is -2.28. The first kappa shape index (κ1) is 12.7. The van der Waals surface area contributed by atoms with Crippen molar-refractivity contribution in [3.05, 3.63) is 40.8 Å². The highest BCUT2D eigenvalue weighted by Gasteiger charge is 2.20. The van der Waals surface area contributed by atoms with E-state index in [9.17, 15) is 13.2 Å². The first-order valence-electron chi connectivity index (χ1n) is 4.63. The Morgan fingerprint density at radius 3 is 2.56 bits per heavy atom. The van der Waals surface area contributed by atoms with Crippen LogP contribution < -0.4 is 5.56 Å². The first-order valence-corrected chi connectivity index (χ1v) is 6.07. The zero-order valence-corrected chi connectivity index (χ0v) is 10.0. The SMILES string of the molecule is C=C(C)CN(C)S(=O)(=O)c1ccc(=O)[nH]c1. The van der Waals surface area contributed by atoms with Crippen molar-refractivity contribution in [3.8, 4) is 0 Å². The smallest absolute Gasteiger partial charge is 0.247 e. The van der Waals surface area contributed by atoms with Gasteiger partial charge in [0.1, 0.15) is 0 Å². The van der Waals surface area contributed by atoms with Gasteiger partial charge >= 0.3 is 0 Å². The summed E-state index contributed by atoms with van der Waals surface area (Å²) >= 11 is 0. The zero-order valence-electron chi connectivity index (χ0n) is 9.23. The second-order valence-corrected chi connectivity index (χ2v) is 5.65. The molecule has 0 aliphatic carbocycles. The number of aromatic nitrogens is 1. The van der Waals surface area contributed by atoms with Crippen molar-refractivity contribution in [3.63, 3.8) is 0 Å². The van der Waals surface area contributed by atoms with Crippen LogP contribution in [-0.2, 0) is 10.0 Å². The molecule has 6 heteroatoms. The van der Waals surface area contributed by atoms with Gasteiger partial charge in [-0.2, -0.15) is 4.31 Å². The van der Waals surface area contributed by atoms with Gasteiger partial charge in [-0.15, -0.1) is 0 Å². The van der Waals surface area contributed by atoms with E-state index < -0.39 is 10.0 Å². The summed E-state index contributed by atoms with van der Waals surface area (Å²) in [6, 6.07) is 2.46. The second-order valence-electron chi connectivity index (χ2n) is 3.61. The Kier molecular flexibility index (Phi) is 3.66. The van der Waals surface area contributed by atoms with E-state index in [-0.39, 0.29) is 17.0 Å². The molecule has 88 valence electrons. The predicted molar refractivity (Wildman–Crippen MR) is 61.7 cm³/mol. The van der Waals surface area contributed by atoms with Crippen LogP contribution in [0.4, 0.5) is 0 Å². The maximum absolute atomic E-state index is 11.9. The molecule has 0 radical (unpaired) electrons. The Hall–Kier alpha value is -1.40. The molecule has 0 saturated heterocycles. The first-order chi connectivity index (χ1) is 7.34. The fourth-order valence-electron chi connectivity index (χ4n) is 1.20. The number of sulfonamides is 1. The number of nitrogens with one attached hydrogen (secondary N) is 1. The third kappa shape index (κ3) is 2.80. The quantitative estimate of drug-likeness (QED) is 0.785. The van der Waals surface area contributed by atoms with Crippen LogP contribution in [0.25, 0.3) is 0 Å². The third-order valence-corrected chi connectivity index (χ3v) is 3.76.